The molecule has 0 fully saturated rings. The van der Waals surface area contributed by atoms with Crippen molar-refractivity contribution in [2.24, 2.45) is 12.1 Å². The maximum Gasteiger partial charge on any atom is 0.329 e. The first-order valence-electron chi connectivity index (χ1n) is 5.41. The molecule has 0 unspecified atom stereocenters. The zero-order chi connectivity index (χ0) is 13.8. The van der Waals surface area contributed by atoms with Crippen LogP contribution in [0, 0.1) is 0 Å². The number of hydrogen-bond donors (Lipinski definition) is 2. The summed E-state index contributed by atoms with van der Waals surface area (Å²) in [5.41, 5.74) is 2.51. The van der Waals surface area contributed by atoms with Crippen LogP contribution in [0.2, 0.25) is 5.02 Å². The van der Waals surface area contributed by atoms with E-state index in [0.717, 1.165) is 10.1 Å². The molecule has 1 heterocycles. The van der Waals surface area contributed by atoms with Gasteiger partial charge in [-0.25, -0.2) is 4.79 Å². The monoisotopic (exact) mass is 278 g/mol. The Morgan fingerprint density at radius 1 is 1.32 bits per heavy atom. The first-order valence-corrected chi connectivity index (χ1v) is 5.79. The number of hydrazone groups is 1. The lowest BCUT2D eigenvalue weighted by Gasteiger charge is -2.01. The number of nitrogens with zero attached hydrogens (tertiary/aromatic N) is 2. The predicted octanol–water partition coefficient (Wildman–Crippen LogP) is 1.17. The number of benzene rings is 1. The summed E-state index contributed by atoms with van der Waals surface area (Å²) in [4.78, 5) is 25.2. The minimum atomic E-state index is -0.503. The molecule has 0 aliphatic rings. The SMILES string of the molecule is Cn1c(=O)cc(N/N=C\c2ccc(Cl)cc2)[nH]c1=O. The molecule has 2 aromatic rings. The highest BCUT2D eigenvalue weighted by Gasteiger charge is 1.98. The maximum absolute atomic E-state index is 11.4. The van der Waals surface area contributed by atoms with Crippen LogP contribution in [0.15, 0.2) is 45.0 Å². The van der Waals surface area contributed by atoms with Crippen molar-refractivity contribution >= 4 is 23.6 Å². The summed E-state index contributed by atoms with van der Waals surface area (Å²) in [7, 11) is 1.39. The fraction of sp³-hybridized carbons (Fsp3) is 0.0833. The van der Waals surface area contributed by atoms with Crippen molar-refractivity contribution in [3.63, 3.8) is 0 Å². The number of aromatic amines is 1. The summed E-state index contributed by atoms with van der Waals surface area (Å²) in [6.07, 6.45) is 1.55. The van der Waals surface area contributed by atoms with E-state index in [4.69, 9.17) is 11.6 Å². The van der Waals surface area contributed by atoms with Crippen molar-refractivity contribution in [2.45, 2.75) is 0 Å². The Bertz CT molecular complexity index is 684. The third kappa shape index (κ3) is 3.32. The minimum absolute atomic E-state index is 0.235. The van der Waals surface area contributed by atoms with E-state index in [0.29, 0.717) is 5.02 Å². The van der Waals surface area contributed by atoms with Gasteiger partial charge < -0.3 is 0 Å². The molecule has 0 aliphatic carbocycles. The molecule has 0 atom stereocenters. The Kier molecular flexibility index (Phi) is 3.82. The average molecular weight is 279 g/mol. The van der Waals surface area contributed by atoms with E-state index in [1.54, 1.807) is 30.5 Å². The van der Waals surface area contributed by atoms with Crippen LogP contribution in [0.25, 0.3) is 0 Å². The minimum Gasteiger partial charge on any atom is -0.292 e. The van der Waals surface area contributed by atoms with Crippen LogP contribution in [0.1, 0.15) is 5.56 Å². The van der Waals surface area contributed by atoms with Crippen molar-refractivity contribution < 1.29 is 0 Å². The van der Waals surface area contributed by atoms with Gasteiger partial charge in [0.1, 0.15) is 5.82 Å². The Hall–Kier alpha value is -2.34. The molecule has 0 spiro atoms. The number of H-pyrrole nitrogens is 1. The molecular weight excluding hydrogens is 268 g/mol. The van der Waals surface area contributed by atoms with Crippen molar-refractivity contribution in [3.8, 4) is 0 Å². The smallest absolute Gasteiger partial charge is 0.292 e. The van der Waals surface area contributed by atoms with E-state index >= 15 is 0 Å². The molecule has 2 N–H and O–H groups in total. The molecular formula is C12H11ClN4O2. The third-order valence-electron chi connectivity index (χ3n) is 2.41. The molecule has 98 valence electrons. The fourth-order valence-electron chi connectivity index (χ4n) is 1.34. The summed E-state index contributed by atoms with van der Waals surface area (Å²) in [5.74, 6) is 0.235. The zero-order valence-electron chi connectivity index (χ0n) is 10.1. The van der Waals surface area contributed by atoms with Crippen molar-refractivity contribution in [1.82, 2.24) is 9.55 Å². The van der Waals surface area contributed by atoms with E-state index in [9.17, 15) is 9.59 Å². The van der Waals surface area contributed by atoms with Crippen LogP contribution >= 0.6 is 11.6 Å². The van der Waals surface area contributed by atoms with E-state index in [-0.39, 0.29) is 5.82 Å². The lowest BCUT2D eigenvalue weighted by Crippen LogP contribution is -2.32. The van der Waals surface area contributed by atoms with Gasteiger partial charge in [-0.15, -0.1) is 0 Å². The van der Waals surface area contributed by atoms with E-state index in [1.807, 2.05) is 0 Å². The zero-order valence-corrected chi connectivity index (χ0v) is 10.8. The van der Waals surface area contributed by atoms with Gasteiger partial charge in [0.25, 0.3) is 5.56 Å². The Morgan fingerprint density at radius 3 is 2.63 bits per heavy atom. The first-order chi connectivity index (χ1) is 9.06. The van der Waals surface area contributed by atoms with Gasteiger partial charge in [0.15, 0.2) is 0 Å². The highest BCUT2D eigenvalue weighted by molar-refractivity contribution is 6.30. The van der Waals surface area contributed by atoms with Gasteiger partial charge in [-0.3, -0.25) is 19.8 Å². The quantitative estimate of drug-likeness (QED) is 0.653. The summed E-state index contributed by atoms with van der Waals surface area (Å²) < 4.78 is 0.966. The van der Waals surface area contributed by atoms with Gasteiger partial charge >= 0.3 is 5.69 Å². The molecule has 0 bridgehead atoms. The standard InChI is InChI=1S/C12H11ClN4O2/c1-17-11(18)6-10(15-12(17)19)16-14-7-8-2-4-9(13)5-3-8/h2-7,16H,1H3,(H,15,19)/b14-7-. The van der Waals surface area contributed by atoms with Gasteiger partial charge in [0.2, 0.25) is 0 Å². The lowest BCUT2D eigenvalue weighted by molar-refractivity contribution is 0.777. The van der Waals surface area contributed by atoms with Crippen LogP contribution in [0.4, 0.5) is 5.82 Å². The molecule has 0 saturated heterocycles. The van der Waals surface area contributed by atoms with E-state index < -0.39 is 11.2 Å². The molecule has 0 radical (unpaired) electrons. The normalized spacial score (nSPS) is 10.8. The summed E-state index contributed by atoms with van der Waals surface area (Å²) in [5, 5.41) is 4.56. The van der Waals surface area contributed by atoms with Gasteiger partial charge in [-0.1, -0.05) is 23.7 Å². The molecule has 0 saturated carbocycles. The van der Waals surface area contributed by atoms with Crippen LogP contribution in [0.5, 0.6) is 0 Å². The van der Waals surface area contributed by atoms with E-state index in [2.05, 4.69) is 15.5 Å². The number of halogens is 1. The second kappa shape index (κ2) is 5.53. The average Bonchev–Trinajstić information content (AvgIpc) is 2.38. The van der Waals surface area contributed by atoms with Gasteiger partial charge in [0.05, 0.1) is 6.21 Å². The highest BCUT2D eigenvalue weighted by Crippen LogP contribution is 2.07. The van der Waals surface area contributed by atoms with Crippen molar-refractivity contribution in [3.05, 3.63) is 61.8 Å². The Balaban J connectivity index is 2.13. The number of nitrogens with one attached hydrogen (secondary N) is 2. The highest BCUT2D eigenvalue weighted by atomic mass is 35.5. The van der Waals surface area contributed by atoms with Gasteiger partial charge in [-0.2, -0.15) is 5.10 Å². The van der Waals surface area contributed by atoms with Crippen LogP contribution < -0.4 is 16.7 Å². The van der Waals surface area contributed by atoms with Crippen LogP contribution in [-0.2, 0) is 7.05 Å². The molecule has 19 heavy (non-hydrogen) atoms. The first kappa shape index (κ1) is 13.1. The number of hydrogen-bond acceptors (Lipinski definition) is 4. The van der Waals surface area contributed by atoms with Crippen molar-refractivity contribution in [2.75, 3.05) is 5.43 Å². The molecule has 2 rings (SSSR count). The van der Waals surface area contributed by atoms with Crippen LogP contribution in [-0.4, -0.2) is 15.8 Å². The van der Waals surface area contributed by atoms with Crippen LogP contribution in [0.3, 0.4) is 0 Å². The largest absolute Gasteiger partial charge is 0.329 e. The van der Waals surface area contributed by atoms with Gasteiger partial charge in [0, 0.05) is 18.1 Å². The lowest BCUT2D eigenvalue weighted by atomic mass is 10.2. The van der Waals surface area contributed by atoms with E-state index in [1.165, 1.54) is 13.1 Å². The summed E-state index contributed by atoms with van der Waals surface area (Å²) in [6.45, 7) is 0. The molecule has 1 aromatic carbocycles. The molecule has 0 amide bonds. The van der Waals surface area contributed by atoms with Crippen molar-refractivity contribution in [1.29, 1.82) is 0 Å². The molecule has 1 aromatic heterocycles. The second-order valence-electron chi connectivity index (χ2n) is 3.81. The second-order valence-corrected chi connectivity index (χ2v) is 4.24. The third-order valence-corrected chi connectivity index (χ3v) is 2.67. The molecule has 7 heteroatoms. The molecule has 0 aliphatic heterocycles. The Morgan fingerprint density at radius 2 is 2.00 bits per heavy atom. The predicted molar refractivity (Wildman–Crippen MR) is 75.0 cm³/mol. The number of aromatic nitrogens is 2. The topological polar surface area (TPSA) is 79.2 Å². The Labute approximate surface area is 113 Å². The summed E-state index contributed by atoms with van der Waals surface area (Å²) in [6, 6.07) is 8.31. The fourth-order valence-corrected chi connectivity index (χ4v) is 1.47. The number of rotatable bonds is 3. The number of anilines is 1. The van der Waals surface area contributed by atoms with Gasteiger partial charge in [-0.05, 0) is 17.7 Å². The molecule has 6 nitrogen and oxygen atoms in total. The maximum atomic E-state index is 11.4. The summed E-state index contributed by atoms with van der Waals surface area (Å²) >= 11 is 5.75.